The van der Waals surface area contributed by atoms with Gasteiger partial charge >= 0.3 is 0 Å². The van der Waals surface area contributed by atoms with Gasteiger partial charge < -0.3 is 24.5 Å². The monoisotopic (exact) mass is 440 g/mol. The van der Waals surface area contributed by atoms with Crippen LogP contribution in [-0.2, 0) is 10.9 Å². The summed E-state index contributed by atoms with van der Waals surface area (Å²) in [4.78, 5) is 12.3. The van der Waals surface area contributed by atoms with Crippen molar-refractivity contribution in [3.05, 3.63) is 78.9 Å². The molecule has 5 nitrogen and oxygen atoms in total. The van der Waals surface area contributed by atoms with Crippen LogP contribution in [0.15, 0.2) is 93.5 Å². The third-order valence-corrected chi connectivity index (χ3v) is 6.27. The van der Waals surface area contributed by atoms with Crippen LogP contribution >= 0.6 is 0 Å². The summed E-state index contributed by atoms with van der Waals surface area (Å²) >= 11 is 0. The van der Waals surface area contributed by atoms with Crippen LogP contribution in [0.2, 0.25) is 0 Å². The molecule has 0 unspecified atom stereocenters. The summed E-state index contributed by atoms with van der Waals surface area (Å²) < 4.78 is 11.5. The van der Waals surface area contributed by atoms with Crippen molar-refractivity contribution in [2.45, 2.75) is 41.4 Å². The van der Waals surface area contributed by atoms with E-state index in [1.807, 2.05) is 0 Å². The van der Waals surface area contributed by atoms with Crippen molar-refractivity contribution < 1.29 is 24.5 Å². The van der Waals surface area contributed by atoms with E-state index in [4.69, 9.17) is 24.5 Å². The molecule has 31 heavy (non-hydrogen) atoms. The lowest BCUT2D eigenvalue weighted by molar-refractivity contribution is -0.275. The summed E-state index contributed by atoms with van der Waals surface area (Å²) in [5.41, 5.74) is 0. The van der Waals surface area contributed by atoms with Crippen LogP contribution in [0.1, 0.15) is 26.7 Å². The molecule has 0 bridgehead atoms. The molecule has 0 spiro atoms. The van der Waals surface area contributed by atoms with Gasteiger partial charge in [0.1, 0.15) is 11.5 Å². The largest absolute Gasteiger partial charge is 0.565 e. The maximum absolute atomic E-state index is 8.44. The Hall–Kier alpha value is -3.12. The van der Waals surface area contributed by atoms with Crippen LogP contribution in [-0.4, -0.2) is 24.5 Å². The first-order valence-corrected chi connectivity index (χ1v) is 11.4. The van der Waals surface area contributed by atoms with Crippen molar-refractivity contribution in [3.63, 3.8) is 0 Å². The van der Waals surface area contributed by atoms with Gasteiger partial charge in [-0.25, -0.2) is 0 Å². The minimum absolute atomic E-state index is 0.154. The standard InChI is InChI=1S/C24H27O2S.CH2O3/c1-3-18-25-20-10-14-23(15-11-20)27(22-8-6-5-7-9-22)24-16-12-21(13-17-24)26-19-4-2;2-1(3)4/h5-17H,3-4,18-19H2,1-2H3;(H2,2,3,4)/q+1;/p-1. The van der Waals surface area contributed by atoms with Crippen LogP contribution in [0.5, 0.6) is 11.5 Å². The Balaban J connectivity index is 0.000000785. The molecule has 0 amide bonds. The molecule has 0 aliphatic heterocycles. The number of ether oxygens (including phenoxy) is 2. The lowest BCUT2D eigenvalue weighted by Gasteiger charge is -2.10. The Kier molecular flexibility index (Phi) is 10.3. The lowest BCUT2D eigenvalue weighted by atomic mass is 10.3. The third kappa shape index (κ3) is 8.26. The molecule has 3 aromatic carbocycles. The summed E-state index contributed by atoms with van der Waals surface area (Å²) in [5, 5.41) is 15.3. The van der Waals surface area contributed by atoms with Crippen molar-refractivity contribution in [2.75, 3.05) is 13.2 Å². The molecule has 0 saturated carbocycles. The van der Waals surface area contributed by atoms with E-state index >= 15 is 0 Å². The first-order valence-electron chi connectivity index (χ1n) is 10.2. The first-order chi connectivity index (χ1) is 15.0. The van der Waals surface area contributed by atoms with Gasteiger partial charge in [0.15, 0.2) is 14.7 Å². The second-order valence-electron chi connectivity index (χ2n) is 6.52. The number of hydrogen-bond acceptors (Lipinski definition) is 4. The molecule has 0 aliphatic carbocycles. The second-order valence-corrected chi connectivity index (χ2v) is 8.55. The normalized spacial score (nSPS) is 10.2. The van der Waals surface area contributed by atoms with Crippen LogP contribution in [0.25, 0.3) is 0 Å². The summed E-state index contributed by atoms with van der Waals surface area (Å²) in [5.74, 6) is 1.86. The zero-order chi connectivity index (χ0) is 22.5. The van der Waals surface area contributed by atoms with E-state index in [9.17, 15) is 0 Å². The van der Waals surface area contributed by atoms with E-state index in [0.29, 0.717) is 0 Å². The number of benzene rings is 3. The van der Waals surface area contributed by atoms with Gasteiger partial charge in [-0.2, -0.15) is 0 Å². The molecule has 164 valence electrons. The Morgan fingerprint density at radius 2 is 1.10 bits per heavy atom. The second kappa shape index (κ2) is 13.2. The van der Waals surface area contributed by atoms with E-state index in [0.717, 1.165) is 37.6 Å². The molecular formula is C25H28O5S. The fraction of sp³-hybridized carbons (Fsp3) is 0.240. The molecule has 0 heterocycles. The Morgan fingerprint density at radius 3 is 1.45 bits per heavy atom. The minimum atomic E-state index is -2.08. The number of carbonyl (C=O) groups is 1. The van der Waals surface area contributed by atoms with Crippen LogP contribution in [0.3, 0.4) is 0 Å². The predicted molar refractivity (Wildman–Crippen MR) is 121 cm³/mol. The zero-order valence-electron chi connectivity index (χ0n) is 17.8. The van der Waals surface area contributed by atoms with Gasteiger partial charge in [0.2, 0.25) is 6.16 Å². The van der Waals surface area contributed by atoms with E-state index in [1.165, 1.54) is 14.7 Å². The minimum Gasteiger partial charge on any atom is -0.565 e. The zero-order valence-corrected chi connectivity index (χ0v) is 18.6. The Morgan fingerprint density at radius 1 is 0.742 bits per heavy atom. The highest BCUT2D eigenvalue weighted by atomic mass is 32.2. The van der Waals surface area contributed by atoms with Gasteiger partial charge in [-0.05, 0) is 73.5 Å². The topological polar surface area (TPSA) is 78.8 Å². The number of rotatable bonds is 9. The molecule has 0 aliphatic rings. The Labute approximate surface area is 186 Å². The Bertz CT molecular complexity index is 840. The number of carboxylic acid groups (broad SMARTS) is 2. The highest BCUT2D eigenvalue weighted by molar-refractivity contribution is 7.97. The average Bonchev–Trinajstić information content (AvgIpc) is 2.78. The van der Waals surface area contributed by atoms with Crippen LogP contribution in [0, 0.1) is 0 Å². The third-order valence-electron chi connectivity index (χ3n) is 4.04. The van der Waals surface area contributed by atoms with E-state index < -0.39 is 6.16 Å². The molecular weight excluding hydrogens is 412 g/mol. The maximum atomic E-state index is 8.44. The van der Waals surface area contributed by atoms with Gasteiger partial charge in [-0.15, -0.1) is 0 Å². The fourth-order valence-corrected chi connectivity index (χ4v) is 4.81. The molecule has 1 N–H and O–H groups in total. The van der Waals surface area contributed by atoms with Crippen LogP contribution < -0.4 is 14.6 Å². The smallest absolute Gasteiger partial charge is 0.249 e. The van der Waals surface area contributed by atoms with Crippen molar-refractivity contribution in [2.24, 2.45) is 0 Å². The fourth-order valence-electron chi connectivity index (χ4n) is 2.75. The summed E-state index contributed by atoms with van der Waals surface area (Å²) in [6, 6.07) is 27.7. The van der Waals surface area contributed by atoms with E-state index in [2.05, 4.69) is 92.7 Å². The van der Waals surface area contributed by atoms with Crippen molar-refractivity contribution >= 4 is 17.1 Å². The first kappa shape index (κ1) is 24.2. The molecule has 3 aromatic rings. The lowest BCUT2D eigenvalue weighted by Crippen LogP contribution is -2.17. The molecule has 0 saturated heterocycles. The van der Waals surface area contributed by atoms with Crippen molar-refractivity contribution in [1.29, 1.82) is 0 Å². The predicted octanol–water partition coefficient (Wildman–Crippen LogP) is 5.25. The van der Waals surface area contributed by atoms with Gasteiger partial charge in [-0.3, -0.25) is 0 Å². The summed E-state index contributed by atoms with van der Waals surface area (Å²) in [7, 11) is -0.154. The van der Waals surface area contributed by atoms with Gasteiger partial charge in [0, 0.05) is 0 Å². The molecule has 6 heteroatoms. The molecule has 3 rings (SSSR count). The van der Waals surface area contributed by atoms with Gasteiger partial charge in [0.05, 0.1) is 24.1 Å². The summed E-state index contributed by atoms with van der Waals surface area (Å²) in [6.45, 7) is 5.75. The van der Waals surface area contributed by atoms with Crippen molar-refractivity contribution in [1.82, 2.24) is 0 Å². The van der Waals surface area contributed by atoms with E-state index in [1.54, 1.807) is 0 Å². The highest BCUT2D eigenvalue weighted by Crippen LogP contribution is 2.33. The number of hydrogen-bond donors (Lipinski definition) is 1. The SMILES string of the molecule is CCCOc1ccc([S+](c2ccccc2)c2ccc(OCCC)cc2)cc1.O=C([O-])O. The molecule has 0 atom stereocenters. The van der Waals surface area contributed by atoms with Crippen LogP contribution in [0.4, 0.5) is 4.79 Å². The average molecular weight is 441 g/mol. The van der Waals surface area contributed by atoms with Crippen molar-refractivity contribution in [3.8, 4) is 11.5 Å². The molecule has 0 fully saturated rings. The maximum Gasteiger partial charge on any atom is 0.249 e. The molecule has 0 aromatic heterocycles. The molecule has 0 radical (unpaired) electrons. The van der Waals surface area contributed by atoms with E-state index in [-0.39, 0.29) is 10.9 Å². The summed E-state index contributed by atoms with van der Waals surface area (Å²) in [6.07, 6.45) is -0.0504. The van der Waals surface area contributed by atoms with Gasteiger partial charge in [-0.1, -0.05) is 32.0 Å². The quantitative estimate of drug-likeness (QED) is 0.460. The van der Waals surface area contributed by atoms with Gasteiger partial charge in [0.25, 0.3) is 0 Å². The highest BCUT2D eigenvalue weighted by Gasteiger charge is 2.28.